The normalized spacial score (nSPS) is 22.4. The van der Waals surface area contributed by atoms with Gasteiger partial charge in [0.2, 0.25) is 6.23 Å². The second-order valence-corrected chi connectivity index (χ2v) is 16.1. The van der Waals surface area contributed by atoms with Crippen LogP contribution in [-0.4, -0.2) is 33.6 Å². The van der Waals surface area contributed by atoms with Crippen molar-refractivity contribution in [3.8, 4) is 11.5 Å². The maximum atomic E-state index is 7.16. The second kappa shape index (κ2) is 18.1. The molecule has 0 amide bonds. The summed E-state index contributed by atoms with van der Waals surface area (Å²) >= 11 is 4.66. The van der Waals surface area contributed by atoms with Crippen molar-refractivity contribution in [3.63, 3.8) is 0 Å². The van der Waals surface area contributed by atoms with Crippen molar-refractivity contribution in [1.82, 2.24) is 9.80 Å². The monoisotopic (exact) mass is 978 g/mol. The molecule has 0 N–H and O–H groups in total. The SMILES string of the molecule is C.CCC(C)(CC(C)N1C(c2ccco2)Oc2c[c-]ccc2C1c1ccco1)OCC(C)C(C)(CC)N1C(c2ccco2)Oc2cc(S)ccc2C1c1ccco1.[Re]. The summed E-state index contributed by atoms with van der Waals surface area (Å²) < 4.78 is 45.1. The van der Waals surface area contributed by atoms with E-state index in [1.54, 1.807) is 25.1 Å². The van der Waals surface area contributed by atoms with Crippen LogP contribution in [0.25, 0.3) is 0 Å². The minimum Gasteiger partial charge on any atom is -0.528 e. The van der Waals surface area contributed by atoms with Crippen LogP contribution in [0.1, 0.15) is 127 Å². The van der Waals surface area contributed by atoms with E-state index in [0.29, 0.717) is 6.61 Å². The molecule has 6 heterocycles. The van der Waals surface area contributed by atoms with E-state index >= 15 is 0 Å². The Bertz CT molecular complexity index is 2160. The third-order valence-electron chi connectivity index (χ3n) is 12.3. The maximum Gasteiger partial charge on any atom is 0.212 e. The van der Waals surface area contributed by atoms with Crippen LogP contribution in [-0.2, 0) is 25.2 Å². The van der Waals surface area contributed by atoms with Gasteiger partial charge in [0, 0.05) is 48.2 Å². The quantitative estimate of drug-likeness (QED) is 0.0847. The molecular weight excluding hydrogens is 923 g/mol. The van der Waals surface area contributed by atoms with E-state index in [-0.39, 0.29) is 51.9 Å². The van der Waals surface area contributed by atoms with Crippen LogP contribution >= 0.6 is 12.6 Å². The molecule has 2 aliphatic heterocycles. The molecule has 8 rings (SSSR count). The number of nitrogens with zero attached hydrogens (tertiary/aromatic N) is 2. The molecule has 0 saturated carbocycles. The van der Waals surface area contributed by atoms with Gasteiger partial charge in [-0.15, -0.1) is 18.7 Å². The summed E-state index contributed by atoms with van der Waals surface area (Å²) in [7, 11) is 0. The molecular formula is C47H55N2O7ReS-. The van der Waals surface area contributed by atoms with Gasteiger partial charge in [-0.3, -0.25) is 0 Å². The van der Waals surface area contributed by atoms with Crippen molar-refractivity contribution in [3.05, 3.63) is 150 Å². The van der Waals surface area contributed by atoms with E-state index in [2.05, 4.69) is 82.2 Å². The largest absolute Gasteiger partial charge is 0.528 e. The smallest absolute Gasteiger partial charge is 0.212 e. The summed E-state index contributed by atoms with van der Waals surface area (Å²) in [5.74, 6) is 4.68. The Morgan fingerprint density at radius 2 is 1.31 bits per heavy atom. The van der Waals surface area contributed by atoms with Crippen LogP contribution in [0.3, 0.4) is 0 Å². The number of rotatable bonds is 14. The fourth-order valence-corrected chi connectivity index (χ4v) is 8.86. The van der Waals surface area contributed by atoms with Gasteiger partial charge in [-0.2, -0.15) is 18.2 Å². The van der Waals surface area contributed by atoms with Gasteiger partial charge in [0.1, 0.15) is 23.3 Å². The van der Waals surface area contributed by atoms with Crippen LogP contribution in [0.4, 0.5) is 0 Å². The van der Waals surface area contributed by atoms with Crippen molar-refractivity contribution in [2.24, 2.45) is 5.92 Å². The molecule has 0 saturated heterocycles. The number of fused-ring (bicyclic) bond motifs is 2. The Balaban J connectivity index is 0.00000283. The van der Waals surface area contributed by atoms with E-state index in [9.17, 15) is 0 Å². The molecule has 11 heteroatoms. The molecule has 8 unspecified atom stereocenters. The van der Waals surface area contributed by atoms with Gasteiger partial charge in [-0.1, -0.05) is 39.8 Å². The zero-order valence-electron chi connectivity index (χ0n) is 33.3. The van der Waals surface area contributed by atoms with Gasteiger partial charge >= 0.3 is 0 Å². The average molecular weight is 978 g/mol. The van der Waals surface area contributed by atoms with Crippen LogP contribution in [0.2, 0.25) is 0 Å². The van der Waals surface area contributed by atoms with E-state index in [4.69, 9.17) is 31.9 Å². The Morgan fingerprint density at radius 1 is 0.741 bits per heavy atom. The van der Waals surface area contributed by atoms with Gasteiger partial charge < -0.3 is 31.9 Å². The number of furan rings is 4. The predicted octanol–water partition coefficient (Wildman–Crippen LogP) is 12.2. The molecule has 1 radical (unpaired) electrons. The Kier molecular flexibility index (Phi) is 13.6. The molecule has 0 spiro atoms. The van der Waals surface area contributed by atoms with Gasteiger partial charge in [-0.05, 0) is 107 Å². The van der Waals surface area contributed by atoms with Crippen LogP contribution in [0, 0.1) is 12.0 Å². The summed E-state index contributed by atoms with van der Waals surface area (Å²) in [5.41, 5.74) is 1.11. The van der Waals surface area contributed by atoms with Gasteiger partial charge in [0.25, 0.3) is 0 Å². The van der Waals surface area contributed by atoms with Gasteiger partial charge in [0.05, 0.1) is 43.3 Å². The molecule has 4 aromatic heterocycles. The second-order valence-electron chi connectivity index (χ2n) is 15.6. The minimum atomic E-state index is -0.524. The summed E-state index contributed by atoms with van der Waals surface area (Å²) in [4.78, 5) is 5.61. The first-order valence-corrected chi connectivity index (χ1v) is 20.1. The van der Waals surface area contributed by atoms with Crippen LogP contribution in [0.15, 0.2) is 133 Å². The van der Waals surface area contributed by atoms with E-state index in [1.807, 2.05) is 72.8 Å². The zero-order valence-corrected chi connectivity index (χ0v) is 36.9. The van der Waals surface area contributed by atoms with Crippen molar-refractivity contribution >= 4 is 12.6 Å². The van der Waals surface area contributed by atoms with Crippen molar-refractivity contribution < 1.29 is 52.3 Å². The maximum absolute atomic E-state index is 7.16. The molecule has 0 fully saturated rings. The molecule has 309 valence electrons. The molecule has 6 aromatic rings. The Hall–Kier alpha value is -3.95. The number of hydrogen-bond acceptors (Lipinski definition) is 10. The zero-order chi connectivity index (χ0) is 39.0. The number of benzene rings is 2. The summed E-state index contributed by atoms with van der Waals surface area (Å²) in [5, 5.41) is 0. The first-order chi connectivity index (χ1) is 27.1. The van der Waals surface area contributed by atoms with Crippen molar-refractivity contribution in [2.45, 2.75) is 115 Å². The molecule has 9 nitrogen and oxygen atoms in total. The Morgan fingerprint density at radius 3 is 1.90 bits per heavy atom. The molecule has 0 bridgehead atoms. The predicted molar refractivity (Wildman–Crippen MR) is 221 cm³/mol. The first kappa shape index (κ1) is 43.6. The summed E-state index contributed by atoms with van der Waals surface area (Å²) in [6.07, 6.45) is 8.18. The standard InChI is InChI=1S/C46H51N2O7S.CH4.Re/c1-7-45(5,28-31(4)47-41(36-17-11-23-49-36)33-15-9-10-16-35(33)54-43(47)38-19-13-25-51-38)53-29-30(3)46(6,8-2)48-42(37-18-12-24-50-37)34-22-21-32(56)27-40(34)55-44(48)39-20-14-26-52-39;;/h9,11-27,30-31,41-44,56H,7-8,28-29H2,1-6H3;1H4;/q-1;;. The summed E-state index contributed by atoms with van der Waals surface area (Å²) in [6, 6.07) is 30.4. The number of hydrogen-bond donors (Lipinski definition) is 1. The number of thiol groups is 1. The van der Waals surface area contributed by atoms with Crippen molar-refractivity contribution in [2.75, 3.05) is 6.61 Å². The van der Waals surface area contributed by atoms with Crippen LogP contribution < -0.4 is 9.47 Å². The third kappa shape index (κ3) is 8.15. The fraction of sp³-hybridized carbons (Fsp3) is 0.404. The Labute approximate surface area is 362 Å². The minimum absolute atomic E-state index is 0. The van der Waals surface area contributed by atoms with Crippen LogP contribution in [0.5, 0.6) is 11.5 Å². The molecule has 8 atom stereocenters. The molecule has 0 aliphatic carbocycles. The topological polar surface area (TPSA) is 86.7 Å². The third-order valence-corrected chi connectivity index (χ3v) is 12.5. The fourth-order valence-electron chi connectivity index (χ4n) is 8.67. The van der Waals surface area contributed by atoms with E-state index in [0.717, 1.165) is 69.8 Å². The van der Waals surface area contributed by atoms with E-state index in [1.165, 1.54) is 0 Å². The van der Waals surface area contributed by atoms with Gasteiger partial charge in [0.15, 0.2) is 17.7 Å². The van der Waals surface area contributed by atoms with Gasteiger partial charge in [-0.25, -0.2) is 9.80 Å². The average Bonchev–Trinajstić information content (AvgIpc) is 4.07. The summed E-state index contributed by atoms with van der Waals surface area (Å²) in [6.45, 7) is 14.0. The van der Waals surface area contributed by atoms with Crippen molar-refractivity contribution in [1.29, 1.82) is 0 Å². The number of ether oxygens (including phenoxy) is 3. The van der Waals surface area contributed by atoms with E-state index < -0.39 is 23.6 Å². The first-order valence-electron chi connectivity index (χ1n) is 19.6. The molecule has 58 heavy (non-hydrogen) atoms. The molecule has 2 aromatic carbocycles. The molecule has 2 aliphatic rings.